The third kappa shape index (κ3) is 1.95. The van der Waals surface area contributed by atoms with Crippen LogP contribution in [0.15, 0.2) is 0 Å². The minimum atomic E-state index is 0.803. The van der Waals surface area contributed by atoms with Crippen LogP contribution >= 0.6 is 0 Å². The summed E-state index contributed by atoms with van der Waals surface area (Å²) in [6, 6.07) is 0. The molecule has 2 bridgehead atoms. The van der Waals surface area contributed by atoms with Crippen LogP contribution in [0.3, 0.4) is 0 Å². The third-order valence-electron chi connectivity index (χ3n) is 4.13. The summed E-state index contributed by atoms with van der Waals surface area (Å²) in [4.78, 5) is 10.4. The Kier molecular flexibility index (Phi) is 3.02. The molecular formula is C12H20O. The topological polar surface area (TPSA) is 17.1 Å². The number of carbonyl (C=O) groups excluding carboxylic acids is 1. The zero-order chi connectivity index (χ0) is 9.10. The Labute approximate surface area is 80.9 Å². The van der Waals surface area contributed by atoms with Crippen LogP contribution in [0.5, 0.6) is 0 Å². The molecule has 0 unspecified atom stereocenters. The van der Waals surface area contributed by atoms with Gasteiger partial charge in [-0.15, -0.1) is 0 Å². The molecule has 0 saturated heterocycles. The van der Waals surface area contributed by atoms with Gasteiger partial charge >= 0.3 is 0 Å². The number of hydrogen-bond donors (Lipinski definition) is 0. The summed E-state index contributed by atoms with van der Waals surface area (Å²) >= 11 is 0. The van der Waals surface area contributed by atoms with E-state index in [4.69, 9.17) is 0 Å². The summed E-state index contributed by atoms with van der Waals surface area (Å²) in [5.74, 6) is 2.87. The van der Waals surface area contributed by atoms with Crippen molar-refractivity contribution in [3.05, 3.63) is 0 Å². The Hall–Kier alpha value is -0.330. The molecular weight excluding hydrogens is 160 g/mol. The van der Waals surface area contributed by atoms with Crippen LogP contribution in [0.1, 0.15) is 51.4 Å². The lowest BCUT2D eigenvalue weighted by atomic mass is 9.63. The molecule has 2 rings (SSSR count). The van der Waals surface area contributed by atoms with Gasteiger partial charge in [0.15, 0.2) is 0 Å². The Morgan fingerprint density at radius 1 is 1.00 bits per heavy atom. The monoisotopic (exact) mass is 180 g/mol. The van der Waals surface area contributed by atoms with Crippen molar-refractivity contribution in [2.45, 2.75) is 51.4 Å². The van der Waals surface area contributed by atoms with Crippen LogP contribution in [0.2, 0.25) is 0 Å². The second kappa shape index (κ2) is 4.26. The predicted octanol–water partition coefficient (Wildman–Crippen LogP) is 3.18. The van der Waals surface area contributed by atoms with Gasteiger partial charge in [0.2, 0.25) is 0 Å². The largest absolute Gasteiger partial charge is 0.303 e. The fraction of sp³-hybridized carbons (Fsp3) is 0.917. The van der Waals surface area contributed by atoms with Gasteiger partial charge in [-0.1, -0.05) is 38.5 Å². The molecule has 0 atom stereocenters. The van der Waals surface area contributed by atoms with E-state index < -0.39 is 0 Å². The summed E-state index contributed by atoms with van der Waals surface area (Å²) in [5.41, 5.74) is 0. The Balaban J connectivity index is 1.94. The van der Waals surface area contributed by atoms with Crippen LogP contribution in [-0.2, 0) is 4.79 Å². The van der Waals surface area contributed by atoms with E-state index in [2.05, 4.69) is 0 Å². The lowest BCUT2D eigenvalue weighted by molar-refractivity contribution is -0.108. The van der Waals surface area contributed by atoms with Gasteiger partial charge in [-0.05, 0) is 24.2 Å². The van der Waals surface area contributed by atoms with E-state index in [0.29, 0.717) is 0 Å². The van der Waals surface area contributed by atoms with Gasteiger partial charge < -0.3 is 4.79 Å². The van der Waals surface area contributed by atoms with E-state index in [1.165, 1.54) is 44.9 Å². The van der Waals surface area contributed by atoms with Crippen molar-refractivity contribution in [2.24, 2.45) is 17.8 Å². The number of hydrogen-bond acceptors (Lipinski definition) is 1. The van der Waals surface area contributed by atoms with Gasteiger partial charge in [0, 0.05) is 6.42 Å². The molecule has 1 nitrogen and oxygen atoms in total. The number of rotatable bonds is 3. The predicted molar refractivity (Wildman–Crippen MR) is 53.5 cm³/mol. The molecule has 74 valence electrons. The summed E-state index contributed by atoms with van der Waals surface area (Å²) in [7, 11) is 0. The van der Waals surface area contributed by atoms with E-state index in [9.17, 15) is 4.79 Å². The van der Waals surface area contributed by atoms with E-state index in [0.717, 1.165) is 30.5 Å². The molecule has 0 aliphatic heterocycles. The molecule has 0 radical (unpaired) electrons. The third-order valence-corrected chi connectivity index (χ3v) is 4.13. The van der Waals surface area contributed by atoms with Crippen LogP contribution < -0.4 is 0 Å². The van der Waals surface area contributed by atoms with Gasteiger partial charge in [-0.3, -0.25) is 0 Å². The highest BCUT2D eigenvalue weighted by molar-refractivity contribution is 5.49. The molecule has 2 fully saturated rings. The van der Waals surface area contributed by atoms with Crippen molar-refractivity contribution in [3.8, 4) is 0 Å². The molecule has 0 heterocycles. The molecule has 2 aliphatic carbocycles. The first-order chi connectivity index (χ1) is 6.42. The molecule has 2 aliphatic rings. The highest BCUT2D eigenvalue weighted by atomic mass is 16.1. The van der Waals surface area contributed by atoms with Gasteiger partial charge in [0.1, 0.15) is 6.29 Å². The smallest absolute Gasteiger partial charge is 0.120 e. The van der Waals surface area contributed by atoms with Crippen molar-refractivity contribution in [1.29, 1.82) is 0 Å². The molecule has 0 spiro atoms. The Bertz CT molecular complexity index is 154. The number of carbonyl (C=O) groups is 1. The van der Waals surface area contributed by atoms with Crippen LogP contribution in [0.4, 0.5) is 0 Å². The maximum absolute atomic E-state index is 10.4. The van der Waals surface area contributed by atoms with Crippen molar-refractivity contribution in [3.63, 3.8) is 0 Å². The minimum absolute atomic E-state index is 0.803. The van der Waals surface area contributed by atoms with Gasteiger partial charge in [0.25, 0.3) is 0 Å². The van der Waals surface area contributed by atoms with E-state index >= 15 is 0 Å². The van der Waals surface area contributed by atoms with E-state index in [1.54, 1.807) is 0 Å². The average molecular weight is 180 g/mol. The molecule has 0 aromatic carbocycles. The number of fused-ring (bicyclic) bond motifs is 2. The summed E-state index contributed by atoms with van der Waals surface area (Å²) in [5, 5.41) is 0. The van der Waals surface area contributed by atoms with E-state index in [-0.39, 0.29) is 0 Å². The Morgan fingerprint density at radius 3 is 2.00 bits per heavy atom. The van der Waals surface area contributed by atoms with Crippen LogP contribution in [0, 0.1) is 17.8 Å². The lowest BCUT2D eigenvalue weighted by Crippen LogP contribution is -2.32. The summed E-state index contributed by atoms with van der Waals surface area (Å²) < 4.78 is 0. The molecule has 0 aromatic rings. The maximum atomic E-state index is 10.4. The maximum Gasteiger partial charge on any atom is 0.120 e. The summed E-state index contributed by atoms with van der Waals surface area (Å²) in [6.07, 6.45) is 11.8. The highest BCUT2D eigenvalue weighted by Crippen LogP contribution is 2.46. The van der Waals surface area contributed by atoms with Gasteiger partial charge in [-0.2, -0.15) is 0 Å². The highest BCUT2D eigenvalue weighted by Gasteiger charge is 2.35. The summed E-state index contributed by atoms with van der Waals surface area (Å²) in [6.45, 7) is 0. The zero-order valence-corrected chi connectivity index (χ0v) is 8.37. The first-order valence-corrected chi connectivity index (χ1v) is 5.85. The van der Waals surface area contributed by atoms with Crippen molar-refractivity contribution in [2.75, 3.05) is 0 Å². The van der Waals surface area contributed by atoms with Crippen molar-refractivity contribution >= 4 is 6.29 Å². The van der Waals surface area contributed by atoms with Crippen molar-refractivity contribution < 1.29 is 4.79 Å². The standard InChI is InChI=1S/C12H20O/c13-9-3-8-12-10-4-1-5-11(12)7-2-6-10/h9-12H,1-8H2. The average Bonchev–Trinajstić information content (AvgIpc) is 2.14. The first kappa shape index (κ1) is 9.23. The van der Waals surface area contributed by atoms with Crippen molar-refractivity contribution in [1.82, 2.24) is 0 Å². The molecule has 1 heteroatoms. The van der Waals surface area contributed by atoms with Gasteiger partial charge in [0.05, 0.1) is 0 Å². The fourth-order valence-electron chi connectivity index (χ4n) is 3.55. The van der Waals surface area contributed by atoms with E-state index in [1.807, 2.05) is 0 Å². The first-order valence-electron chi connectivity index (χ1n) is 5.85. The lowest BCUT2D eigenvalue weighted by Gasteiger charge is -2.42. The molecule has 0 amide bonds. The number of aldehydes is 1. The molecule has 0 aromatic heterocycles. The fourth-order valence-corrected chi connectivity index (χ4v) is 3.55. The van der Waals surface area contributed by atoms with Crippen LogP contribution in [-0.4, -0.2) is 6.29 Å². The zero-order valence-electron chi connectivity index (χ0n) is 8.37. The van der Waals surface area contributed by atoms with Crippen LogP contribution in [0.25, 0.3) is 0 Å². The Morgan fingerprint density at radius 2 is 1.54 bits per heavy atom. The second-order valence-electron chi connectivity index (χ2n) is 4.79. The molecule has 2 saturated carbocycles. The molecule has 0 N–H and O–H groups in total. The minimum Gasteiger partial charge on any atom is -0.303 e. The normalized spacial score (nSPS) is 38.6. The second-order valence-corrected chi connectivity index (χ2v) is 4.79. The van der Waals surface area contributed by atoms with Gasteiger partial charge in [-0.25, -0.2) is 0 Å². The SMILES string of the molecule is O=CCCC1C2CCCC1CCC2. The quantitative estimate of drug-likeness (QED) is 0.610. The molecule has 13 heavy (non-hydrogen) atoms.